The van der Waals surface area contributed by atoms with Gasteiger partial charge in [0.15, 0.2) is 5.76 Å². The van der Waals surface area contributed by atoms with E-state index in [-0.39, 0.29) is 11.8 Å². The molecule has 0 aliphatic carbocycles. The molecule has 0 saturated heterocycles. The summed E-state index contributed by atoms with van der Waals surface area (Å²) in [5.74, 6) is -0.0861. The first-order valence-corrected chi connectivity index (χ1v) is 9.61. The monoisotopic (exact) mass is 386 g/mol. The second-order valence-corrected chi connectivity index (χ2v) is 7.34. The lowest BCUT2D eigenvalue weighted by Gasteiger charge is -2.45. The zero-order chi connectivity index (χ0) is 20.0. The second kappa shape index (κ2) is 6.92. The van der Waals surface area contributed by atoms with Gasteiger partial charge in [0.05, 0.1) is 24.6 Å². The van der Waals surface area contributed by atoms with Crippen LogP contribution >= 0.6 is 0 Å². The van der Waals surface area contributed by atoms with Gasteiger partial charge in [-0.05, 0) is 17.2 Å². The number of benzene rings is 2. The van der Waals surface area contributed by atoms with Gasteiger partial charge in [0.25, 0.3) is 0 Å². The molecule has 0 fully saturated rings. The van der Waals surface area contributed by atoms with Crippen molar-refractivity contribution in [2.75, 3.05) is 0 Å². The van der Waals surface area contributed by atoms with Crippen LogP contribution in [-0.2, 0) is 13.6 Å². The minimum Gasteiger partial charge on any atom is -0.507 e. The van der Waals surface area contributed by atoms with Crippen molar-refractivity contribution in [2.24, 2.45) is 7.05 Å². The van der Waals surface area contributed by atoms with E-state index in [1.54, 1.807) is 12.4 Å². The van der Waals surface area contributed by atoms with Crippen molar-refractivity contribution >= 4 is 5.70 Å². The molecule has 2 aliphatic heterocycles. The van der Waals surface area contributed by atoms with E-state index in [2.05, 4.69) is 34.3 Å². The zero-order valence-corrected chi connectivity index (χ0v) is 16.1. The van der Waals surface area contributed by atoms with Crippen LogP contribution in [0.2, 0.25) is 0 Å². The van der Waals surface area contributed by atoms with E-state index in [0.717, 1.165) is 16.8 Å². The number of fused-ring (bicyclic) bond motifs is 3. The Morgan fingerprint density at radius 1 is 1.00 bits per heavy atom. The lowest BCUT2D eigenvalue weighted by molar-refractivity contribution is 0.0154. The van der Waals surface area contributed by atoms with Crippen LogP contribution < -0.4 is 0 Å². The first-order valence-electron chi connectivity index (χ1n) is 9.61. The molecule has 1 unspecified atom stereocenters. The summed E-state index contributed by atoms with van der Waals surface area (Å²) < 4.78 is 1.97. The molecule has 6 heteroatoms. The quantitative estimate of drug-likeness (QED) is 0.723. The summed E-state index contributed by atoms with van der Waals surface area (Å²) in [5.41, 5.74) is 4.50. The normalized spacial score (nSPS) is 18.9. The summed E-state index contributed by atoms with van der Waals surface area (Å²) in [4.78, 5) is 4.50. The van der Waals surface area contributed by atoms with E-state index in [4.69, 9.17) is 0 Å². The molecule has 29 heavy (non-hydrogen) atoms. The van der Waals surface area contributed by atoms with Gasteiger partial charge in [0.2, 0.25) is 0 Å². The van der Waals surface area contributed by atoms with E-state index in [0.29, 0.717) is 17.9 Å². The van der Waals surface area contributed by atoms with Gasteiger partial charge in [-0.1, -0.05) is 60.7 Å². The number of aromatic nitrogens is 2. The smallest absolute Gasteiger partial charge is 0.152 e. The molecule has 5 rings (SSSR count). The van der Waals surface area contributed by atoms with Gasteiger partial charge in [-0.2, -0.15) is 5.01 Å². The molecule has 3 heterocycles. The Morgan fingerprint density at radius 2 is 1.62 bits per heavy atom. The fourth-order valence-electron chi connectivity index (χ4n) is 4.12. The second-order valence-electron chi connectivity index (χ2n) is 7.34. The molecule has 0 saturated carbocycles. The lowest BCUT2D eigenvalue weighted by Crippen LogP contribution is -2.46. The van der Waals surface area contributed by atoms with Gasteiger partial charge >= 0.3 is 0 Å². The fraction of sp³-hybridized carbons (Fsp3) is 0.174. The average Bonchev–Trinajstić information content (AvgIpc) is 3.13. The number of rotatable bonds is 3. The highest BCUT2D eigenvalue weighted by molar-refractivity contribution is 5.69. The number of aryl methyl sites for hydroxylation is 1. The minimum atomic E-state index is -1.04. The van der Waals surface area contributed by atoms with E-state index in [1.165, 1.54) is 0 Å². The van der Waals surface area contributed by atoms with Crippen LogP contribution in [0.1, 0.15) is 28.6 Å². The van der Waals surface area contributed by atoms with E-state index in [1.807, 2.05) is 59.2 Å². The topological polar surface area (TPSA) is 64.8 Å². The highest BCUT2D eigenvalue weighted by Crippen LogP contribution is 2.41. The summed E-state index contributed by atoms with van der Waals surface area (Å²) in [6.07, 6.45) is 4.11. The van der Waals surface area contributed by atoms with E-state index < -0.39 is 6.10 Å². The standard InChI is InChI=1S/C23H22N4O2/c1-25-15-24-20-18(25)14-27(26-13-12-19(28)23(29)22(20)26)21(16-8-4-2-5-9-16)17-10-6-3-7-11-17/h2-13,15,19,21,28-29H,14H2,1H3. The van der Waals surface area contributed by atoms with Crippen LogP contribution in [0, 0.1) is 0 Å². The first kappa shape index (κ1) is 17.7. The SMILES string of the molecule is Cn1cnc2c1CN(C(c1ccccc1)c1ccccc1)N1C=CC(O)C(O)=C21. The molecular formula is C23H22N4O2. The molecule has 0 radical (unpaired) electrons. The molecule has 1 atom stereocenters. The average molecular weight is 386 g/mol. The fourth-order valence-corrected chi connectivity index (χ4v) is 4.12. The maximum atomic E-state index is 10.7. The van der Waals surface area contributed by atoms with Crippen molar-refractivity contribution in [3.8, 4) is 0 Å². The number of aliphatic hydroxyl groups is 2. The molecule has 1 aromatic heterocycles. The number of imidazole rings is 1. The lowest BCUT2D eigenvalue weighted by atomic mass is 9.96. The molecule has 0 amide bonds. The molecule has 0 spiro atoms. The Hall–Kier alpha value is -3.35. The number of hydrogen-bond donors (Lipinski definition) is 2. The van der Waals surface area contributed by atoms with Gasteiger partial charge in [0, 0.05) is 13.2 Å². The zero-order valence-electron chi connectivity index (χ0n) is 16.1. The Morgan fingerprint density at radius 3 is 2.24 bits per heavy atom. The third kappa shape index (κ3) is 2.85. The third-order valence-electron chi connectivity index (χ3n) is 5.56. The summed E-state index contributed by atoms with van der Waals surface area (Å²) in [6.45, 7) is 0.609. The van der Waals surface area contributed by atoms with Gasteiger partial charge in [0.1, 0.15) is 17.5 Å². The molecule has 146 valence electrons. The number of hydrogen-bond acceptors (Lipinski definition) is 5. The Kier molecular flexibility index (Phi) is 4.23. The van der Waals surface area contributed by atoms with Crippen molar-refractivity contribution in [1.82, 2.24) is 19.6 Å². The first-order chi connectivity index (χ1) is 14.1. The van der Waals surface area contributed by atoms with E-state index in [9.17, 15) is 10.2 Å². The Balaban J connectivity index is 1.71. The van der Waals surface area contributed by atoms with Crippen LogP contribution in [0.4, 0.5) is 0 Å². The summed E-state index contributed by atoms with van der Waals surface area (Å²) in [6, 6.07) is 20.5. The molecule has 6 nitrogen and oxygen atoms in total. The molecule has 2 aliphatic rings. The largest absolute Gasteiger partial charge is 0.507 e. The third-order valence-corrected chi connectivity index (χ3v) is 5.56. The van der Waals surface area contributed by atoms with Gasteiger partial charge in [-0.25, -0.2) is 4.98 Å². The van der Waals surface area contributed by atoms with Gasteiger partial charge in [-0.3, -0.25) is 5.01 Å². The highest BCUT2D eigenvalue weighted by atomic mass is 16.3. The minimum absolute atomic E-state index is 0.0804. The predicted molar refractivity (Wildman–Crippen MR) is 110 cm³/mol. The summed E-state index contributed by atoms with van der Waals surface area (Å²) >= 11 is 0. The Bertz CT molecular complexity index is 1050. The van der Waals surface area contributed by atoms with E-state index >= 15 is 0 Å². The van der Waals surface area contributed by atoms with Crippen molar-refractivity contribution in [3.63, 3.8) is 0 Å². The highest BCUT2D eigenvalue weighted by Gasteiger charge is 2.39. The molecule has 0 bridgehead atoms. The maximum Gasteiger partial charge on any atom is 0.152 e. The molecule has 2 aromatic carbocycles. The van der Waals surface area contributed by atoms with Crippen molar-refractivity contribution in [2.45, 2.75) is 18.7 Å². The summed E-state index contributed by atoms with van der Waals surface area (Å²) in [7, 11) is 1.95. The number of hydrazine groups is 1. The van der Waals surface area contributed by atoms with Crippen LogP contribution in [0.5, 0.6) is 0 Å². The van der Waals surface area contributed by atoms with Crippen LogP contribution in [0.3, 0.4) is 0 Å². The molecular weight excluding hydrogens is 364 g/mol. The maximum absolute atomic E-state index is 10.7. The molecule has 3 aromatic rings. The van der Waals surface area contributed by atoms with Crippen molar-refractivity contribution in [3.05, 3.63) is 108 Å². The van der Waals surface area contributed by atoms with Crippen LogP contribution in [0.25, 0.3) is 5.70 Å². The number of nitrogens with zero attached hydrogens (tertiary/aromatic N) is 4. The summed E-state index contributed by atoms with van der Waals surface area (Å²) in [5, 5.41) is 25.1. The molecule has 2 N–H and O–H groups in total. The predicted octanol–water partition coefficient (Wildman–Crippen LogP) is 3.36. The van der Waals surface area contributed by atoms with Crippen molar-refractivity contribution < 1.29 is 10.2 Å². The Labute approximate surface area is 169 Å². The van der Waals surface area contributed by atoms with Gasteiger partial charge < -0.3 is 14.8 Å². The van der Waals surface area contributed by atoms with Crippen LogP contribution in [0.15, 0.2) is 85.0 Å². The number of aliphatic hydroxyl groups excluding tert-OH is 2. The van der Waals surface area contributed by atoms with Crippen LogP contribution in [-0.4, -0.2) is 35.9 Å². The van der Waals surface area contributed by atoms with Gasteiger partial charge in [-0.15, -0.1) is 0 Å². The van der Waals surface area contributed by atoms with Crippen molar-refractivity contribution in [1.29, 1.82) is 0 Å².